The topological polar surface area (TPSA) is 60.9 Å². The Morgan fingerprint density at radius 3 is 2.28 bits per heavy atom. The number of hydrogen-bond acceptors (Lipinski definition) is 5. The Bertz CT molecular complexity index is 1190. The highest BCUT2D eigenvalue weighted by Gasteiger charge is 2.25. The summed E-state index contributed by atoms with van der Waals surface area (Å²) in [4.78, 5) is 19.8. The number of methoxy groups -OCH3 is 3. The van der Waals surface area contributed by atoms with Gasteiger partial charge in [-0.15, -0.1) is 0 Å². The number of amides is 1. The molecule has 32 heavy (non-hydrogen) atoms. The van der Waals surface area contributed by atoms with Crippen LogP contribution in [-0.2, 0) is 0 Å². The van der Waals surface area contributed by atoms with Gasteiger partial charge in [0.05, 0.1) is 43.7 Å². The van der Waals surface area contributed by atoms with Gasteiger partial charge in [-0.25, -0.2) is 0 Å². The van der Waals surface area contributed by atoms with Gasteiger partial charge in [-0.2, -0.15) is 0 Å². The zero-order valence-corrected chi connectivity index (χ0v) is 19.2. The Hall–Kier alpha value is -3.54. The van der Waals surface area contributed by atoms with E-state index in [2.05, 4.69) is 17.1 Å². The van der Waals surface area contributed by atoms with Crippen molar-refractivity contribution in [3.63, 3.8) is 0 Å². The van der Waals surface area contributed by atoms with Crippen LogP contribution in [0.15, 0.2) is 42.5 Å². The van der Waals surface area contributed by atoms with Crippen LogP contribution >= 0.6 is 0 Å². The number of pyridine rings is 1. The molecule has 1 aliphatic heterocycles. The van der Waals surface area contributed by atoms with Gasteiger partial charge in [0.15, 0.2) is 0 Å². The molecule has 1 amide bonds. The lowest BCUT2D eigenvalue weighted by molar-refractivity contribution is 0.0772. The van der Waals surface area contributed by atoms with Crippen LogP contribution in [0.4, 0.5) is 0 Å². The molecule has 0 bridgehead atoms. The van der Waals surface area contributed by atoms with Crippen LogP contribution in [0.1, 0.15) is 33.6 Å². The summed E-state index contributed by atoms with van der Waals surface area (Å²) in [7, 11) is 4.88. The monoisotopic (exact) mass is 432 g/mol. The largest absolute Gasteiger partial charge is 0.496 e. The summed E-state index contributed by atoms with van der Waals surface area (Å²) in [5.41, 5.74) is 5.45. The maximum atomic E-state index is 13.3. The zero-order chi connectivity index (χ0) is 22.8. The van der Waals surface area contributed by atoms with Gasteiger partial charge in [-0.05, 0) is 44.0 Å². The van der Waals surface area contributed by atoms with Crippen LogP contribution in [0.5, 0.6) is 17.2 Å². The molecule has 0 radical (unpaired) electrons. The molecule has 1 aliphatic rings. The van der Waals surface area contributed by atoms with E-state index in [0.29, 0.717) is 42.3 Å². The average Bonchev–Trinajstić information content (AvgIpc) is 2.82. The summed E-state index contributed by atoms with van der Waals surface area (Å²) in [6.07, 6.45) is 2.77. The second-order valence-corrected chi connectivity index (χ2v) is 7.95. The standard InChI is InChI=1S/C26H28N2O4/c1-16-6-7-22-19(12-16)13-21(17(2)27-22)26(29)28-10-8-18(9-11-28)25-23(31-4)14-20(30-3)15-24(25)32-5/h6-8,12-15H,9-11H2,1-5H3. The van der Waals surface area contributed by atoms with Crippen molar-refractivity contribution in [3.05, 3.63) is 64.9 Å². The van der Waals surface area contributed by atoms with Gasteiger partial charge < -0.3 is 19.1 Å². The molecule has 0 aliphatic carbocycles. The molecule has 3 aromatic rings. The van der Waals surface area contributed by atoms with Gasteiger partial charge in [-0.3, -0.25) is 9.78 Å². The van der Waals surface area contributed by atoms with Crippen LogP contribution in [-0.4, -0.2) is 50.2 Å². The van der Waals surface area contributed by atoms with E-state index in [0.717, 1.165) is 33.3 Å². The number of aryl methyl sites for hydroxylation is 2. The molecule has 166 valence electrons. The van der Waals surface area contributed by atoms with Crippen molar-refractivity contribution in [3.8, 4) is 17.2 Å². The molecule has 0 atom stereocenters. The second kappa shape index (κ2) is 8.91. The van der Waals surface area contributed by atoms with Crippen molar-refractivity contribution in [2.45, 2.75) is 20.3 Å². The van der Waals surface area contributed by atoms with E-state index in [1.54, 1.807) is 21.3 Å². The van der Waals surface area contributed by atoms with Gasteiger partial charge in [0, 0.05) is 30.6 Å². The van der Waals surface area contributed by atoms with Crippen LogP contribution in [0.3, 0.4) is 0 Å². The third-order valence-corrected chi connectivity index (χ3v) is 5.92. The number of ether oxygens (including phenoxy) is 3. The summed E-state index contributed by atoms with van der Waals surface area (Å²) in [6.45, 7) is 5.05. The first-order valence-electron chi connectivity index (χ1n) is 10.6. The highest BCUT2D eigenvalue weighted by atomic mass is 16.5. The lowest BCUT2D eigenvalue weighted by Gasteiger charge is -2.28. The summed E-state index contributed by atoms with van der Waals surface area (Å²) in [5, 5.41) is 0.986. The number of fused-ring (bicyclic) bond motifs is 1. The highest BCUT2D eigenvalue weighted by molar-refractivity contribution is 5.99. The molecule has 0 saturated carbocycles. The molecule has 0 fully saturated rings. The summed E-state index contributed by atoms with van der Waals surface area (Å²) < 4.78 is 16.6. The number of rotatable bonds is 5. The molecule has 0 saturated heterocycles. The number of aromatic nitrogens is 1. The third kappa shape index (κ3) is 4.00. The number of carbonyl (C=O) groups excluding carboxylic acids is 1. The molecule has 6 heteroatoms. The first-order valence-corrected chi connectivity index (χ1v) is 10.6. The predicted molar refractivity (Wildman–Crippen MR) is 126 cm³/mol. The van der Waals surface area contributed by atoms with Gasteiger partial charge in [-0.1, -0.05) is 17.7 Å². The van der Waals surface area contributed by atoms with E-state index < -0.39 is 0 Å². The first-order chi connectivity index (χ1) is 15.4. The van der Waals surface area contributed by atoms with Crippen molar-refractivity contribution in [1.29, 1.82) is 0 Å². The van der Waals surface area contributed by atoms with E-state index in [9.17, 15) is 4.79 Å². The lowest BCUT2D eigenvalue weighted by Crippen LogP contribution is -2.35. The summed E-state index contributed by atoms with van der Waals surface area (Å²) in [6, 6.07) is 11.8. The molecule has 2 aromatic carbocycles. The van der Waals surface area contributed by atoms with Crippen molar-refractivity contribution >= 4 is 22.4 Å². The minimum Gasteiger partial charge on any atom is -0.496 e. The Morgan fingerprint density at radius 2 is 1.69 bits per heavy atom. The predicted octanol–water partition coefficient (Wildman–Crippen LogP) is 4.81. The molecular formula is C26H28N2O4. The smallest absolute Gasteiger partial charge is 0.256 e. The maximum absolute atomic E-state index is 13.3. The van der Waals surface area contributed by atoms with E-state index in [1.807, 2.05) is 49.1 Å². The fraction of sp³-hybridized carbons (Fsp3) is 0.308. The molecule has 0 N–H and O–H groups in total. The first kappa shape index (κ1) is 21.7. The number of nitrogens with zero attached hydrogens (tertiary/aromatic N) is 2. The molecule has 4 rings (SSSR count). The third-order valence-electron chi connectivity index (χ3n) is 5.92. The zero-order valence-electron chi connectivity index (χ0n) is 19.2. The second-order valence-electron chi connectivity index (χ2n) is 7.95. The fourth-order valence-electron chi connectivity index (χ4n) is 4.18. The normalized spacial score (nSPS) is 13.7. The molecule has 0 spiro atoms. The number of carbonyl (C=O) groups is 1. The Kier molecular flexibility index (Phi) is 6.04. The van der Waals surface area contributed by atoms with Crippen LogP contribution < -0.4 is 14.2 Å². The van der Waals surface area contributed by atoms with Gasteiger partial charge in [0.2, 0.25) is 0 Å². The minimum absolute atomic E-state index is 0.00219. The summed E-state index contributed by atoms with van der Waals surface area (Å²) in [5.74, 6) is 2.06. The van der Waals surface area contributed by atoms with Crippen molar-refractivity contribution in [2.75, 3.05) is 34.4 Å². The van der Waals surface area contributed by atoms with Crippen molar-refractivity contribution in [2.24, 2.45) is 0 Å². The molecular weight excluding hydrogens is 404 g/mol. The van der Waals surface area contributed by atoms with Gasteiger partial charge >= 0.3 is 0 Å². The Labute approximate surface area is 188 Å². The maximum Gasteiger partial charge on any atom is 0.256 e. The average molecular weight is 433 g/mol. The molecule has 0 unspecified atom stereocenters. The fourth-order valence-corrected chi connectivity index (χ4v) is 4.18. The number of hydrogen-bond donors (Lipinski definition) is 0. The van der Waals surface area contributed by atoms with E-state index in [4.69, 9.17) is 14.2 Å². The van der Waals surface area contributed by atoms with Crippen LogP contribution in [0.25, 0.3) is 16.5 Å². The SMILES string of the molecule is COc1cc(OC)c(C2=CCN(C(=O)c3cc4cc(C)ccc4nc3C)CC2)c(OC)c1. The quantitative estimate of drug-likeness (QED) is 0.579. The van der Waals surface area contributed by atoms with E-state index in [1.165, 1.54) is 0 Å². The Balaban J connectivity index is 1.62. The highest BCUT2D eigenvalue weighted by Crippen LogP contribution is 2.41. The summed E-state index contributed by atoms with van der Waals surface area (Å²) >= 11 is 0. The Morgan fingerprint density at radius 1 is 0.969 bits per heavy atom. The molecule has 2 heterocycles. The molecule has 1 aromatic heterocycles. The lowest BCUT2D eigenvalue weighted by atomic mass is 9.96. The van der Waals surface area contributed by atoms with Crippen molar-refractivity contribution in [1.82, 2.24) is 9.88 Å². The minimum atomic E-state index is 0.00219. The van der Waals surface area contributed by atoms with Gasteiger partial charge in [0.1, 0.15) is 17.2 Å². The van der Waals surface area contributed by atoms with Crippen LogP contribution in [0.2, 0.25) is 0 Å². The van der Waals surface area contributed by atoms with Gasteiger partial charge in [0.25, 0.3) is 5.91 Å². The van der Waals surface area contributed by atoms with Crippen LogP contribution in [0, 0.1) is 13.8 Å². The van der Waals surface area contributed by atoms with E-state index in [-0.39, 0.29) is 5.91 Å². The molecule has 6 nitrogen and oxygen atoms in total. The number of benzene rings is 2. The van der Waals surface area contributed by atoms with Crippen molar-refractivity contribution < 1.29 is 19.0 Å². The van der Waals surface area contributed by atoms with E-state index >= 15 is 0 Å².